The molecule has 0 saturated heterocycles. The summed E-state index contributed by atoms with van der Waals surface area (Å²) in [5, 5.41) is 3.45. The van der Waals surface area contributed by atoms with Crippen LogP contribution in [0.3, 0.4) is 0 Å². The van der Waals surface area contributed by atoms with Crippen molar-refractivity contribution in [1.82, 2.24) is 5.32 Å². The zero-order valence-electron chi connectivity index (χ0n) is 12.0. The normalized spacial score (nSPS) is 14.6. The lowest BCUT2D eigenvalue weighted by atomic mass is 9.93. The largest absolute Gasteiger partial charge is 0.317 e. The summed E-state index contributed by atoms with van der Waals surface area (Å²) in [6.45, 7) is 8.98. The lowest BCUT2D eigenvalue weighted by Gasteiger charge is -2.20. The Morgan fingerprint density at radius 2 is 1.88 bits per heavy atom. The van der Waals surface area contributed by atoms with Gasteiger partial charge in [-0.25, -0.2) is 0 Å². The van der Waals surface area contributed by atoms with Crippen molar-refractivity contribution in [3.8, 4) is 0 Å². The summed E-state index contributed by atoms with van der Waals surface area (Å²) in [7, 11) is 2.08. The number of hydrogen-bond acceptors (Lipinski definition) is 1. The molecule has 0 aliphatic carbocycles. The van der Waals surface area contributed by atoms with Crippen LogP contribution in [0.1, 0.15) is 43.4 Å². The van der Waals surface area contributed by atoms with Crippen molar-refractivity contribution in [1.29, 1.82) is 0 Å². The van der Waals surface area contributed by atoms with Crippen LogP contribution in [0.4, 0.5) is 0 Å². The summed E-state index contributed by atoms with van der Waals surface area (Å²) in [5.41, 5.74) is 4.24. The second kappa shape index (κ2) is 6.80. The average Bonchev–Trinajstić information content (AvgIpc) is 2.32. The maximum absolute atomic E-state index is 3.45. The van der Waals surface area contributed by atoms with Crippen LogP contribution in [-0.2, 0) is 6.42 Å². The van der Waals surface area contributed by atoms with Crippen LogP contribution in [0.5, 0.6) is 0 Å². The maximum atomic E-state index is 3.45. The third-order valence-corrected chi connectivity index (χ3v) is 3.85. The van der Waals surface area contributed by atoms with Gasteiger partial charge in [0.1, 0.15) is 0 Å². The highest BCUT2D eigenvalue weighted by molar-refractivity contribution is 5.30. The SMILES string of the molecule is CCC(C)CC(Cc1ccc(C)c(C)c1)NC. The number of hydrogen-bond donors (Lipinski definition) is 1. The minimum atomic E-state index is 0.604. The molecule has 0 amide bonds. The van der Waals surface area contributed by atoms with Crippen molar-refractivity contribution in [3.63, 3.8) is 0 Å². The molecule has 0 heterocycles. The molecule has 1 rings (SSSR count). The standard InChI is InChI=1S/C16H27N/c1-6-12(2)9-16(17-5)11-15-8-7-13(3)14(4)10-15/h7-8,10,12,16-17H,6,9,11H2,1-5H3. The molecule has 2 unspecified atom stereocenters. The Morgan fingerprint density at radius 1 is 1.18 bits per heavy atom. The summed E-state index contributed by atoms with van der Waals surface area (Å²) in [6, 6.07) is 7.44. The quantitative estimate of drug-likeness (QED) is 0.786. The Bertz CT molecular complexity index is 343. The first-order valence-electron chi connectivity index (χ1n) is 6.80. The van der Waals surface area contributed by atoms with E-state index >= 15 is 0 Å². The van der Waals surface area contributed by atoms with Gasteiger partial charge in [0.2, 0.25) is 0 Å². The van der Waals surface area contributed by atoms with E-state index < -0.39 is 0 Å². The van der Waals surface area contributed by atoms with Gasteiger partial charge in [0.05, 0.1) is 0 Å². The molecular formula is C16H27N. The van der Waals surface area contributed by atoms with Crippen LogP contribution in [0.2, 0.25) is 0 Å². The number of aryl methyl sites for hydroxylation is 2. The van der Waals surface area contributed by atoms with Crippen molar-refractivity contribution in [2.75, 3.05) is 7.05 Å². The van der Waals surface area contributed by atoms with Gasteiger partial charge in [0.25, 0.3) is 0 Å². The molecule has 1 heteroatoms. The van der Waals surface area contributed by atoms with Crippen molar-refractivity contribution in [2.24, 2.45) is 5.92 Å². The summed E-state index contributed by atoms with van der Waals surface area (Å²) in [4.78, 5) is 0. The van der Waals surface area contributed by atoms with Gasteiger partial charge >= 0.3 is 0 Å². The van der Waals surface area contributed by atoms with Gasteiger partial charge in [-0.15, -0.1) is 0 Å². The van der Waals surface area contributed by atoms with E-state index in [2.05, 4.69) is 58.3 Å². The van der Waals surface area contributed by atoms with Crippen LogP contribution < -0.4 is 5.32 Å². The minimum absolute atomic E-state index is 0.604. The summed E-state index contributed by atoms with van der Waals surface area (Å²) >= 11 is 0. The molecule has 17 heavy (non-hydrogen) atoms. The maximum Gasteiger partial charge on any atom is 0.0107 e. The van der Waals surface area contributed by atoms with E-state index in [0.717, 1.165) is 12.3 Å². The molecule has 1 nitrogen and oxygen atoms in total. The average molecular weight is 233 g/mol. The summed E-state index contributed by atoms with van der Waals surface area (Å²) < 4.78 is 0. The predicted octanol–water partition coefficient (Wildman–Crippen LogP) is 3.87. The van der Waals surface area contributed by atoms with Crippen LogP contribution in [0, 0.1) is 19.8 Å². The Balaban J connectivity index is 2.63. The van der Waals surface area contributed by atoms with Gasteiger partial charge in [-0.3, -0.25) is 0 Å². The lowest BCUT2D eigenvalue weighted by molar-refractivity contribution is 0.410. The van der Waals surface area contributed by atoms with E-state index in [4.69, 9.17) is 0 Å². The highest BCUT2D eigenvalue weighted by Gasteiger charge is 2.11. The van der Waals surface area contributed by atoms with Crippen LogP contribution in [-0.4, -0.2) is 13.1 Å². The molecule has 1 aromatic rings. The number of rotatable bonds is 6. The first kappa shape index (κ1) is 14.2. The monoisotopic (exact) mass is 233 g/mol. The minimum Gasteiger partial charge on any atom is -0.317 e. The van der Waals surface area contributed by atoms with E-state index in [-0.39, 0.29) is 0 Å². The fraction of sp³-hybridized carbons (Fsp3) is 0.625. The third kappa shape index (κ3) is 4.51. The molecular weight excluding hydrogens is 206 g/mol. The topological polar surface area (TPSA) is 12.0 Å². The molecule has 0 aliphatic heterocycles. The highest BCUT2D eigenvalue weighted by atomic mass is 14.9. The van der Waals surface area contributed by atoms with Gasteiger partial charge in [0.15, 0.2) is 0 Å². The Kier molecular flexibility index (Phi) is 5.70. The second-order valence-electron chi connectivity index (χ2n) is 5.36. The van der Waals surface area contributed by atoms with Gasteiger partial charge in [0, 0.05) is 6.04 Å². The Hall–Kier alpha value is -0.820. The fourth-order valence-corrected chi connectivity index (χ4v) is 2.17. The van der Waals surface area contributed by atoms with Crippen molar-refractivity contribution >= 4 is 0 Å². The fourth-order valence-electron chi connectivity index (χ4n) is 2.17. The van der Waals surface area contributed by atoms with Crippen LogP contribution >= 0.6 is 0 Å². The molecule has 0 bridgehead atoms. The van der Waals surface area contributed by atoms with E-state index in [9.17, 15) is 0 Å². The number of nitrogens with one attached hydrogen (secondary N) is 1. The van der Waals surface area contributed by atoms with E-state index in [0.29, 0.717) is 6.04 Å². The Labute approximate surface area is 107 Å². The van der Waals surface area contributed by atoms with E-state index in [1.807, 2.05) is 0 Å². The van der Waals surface area contributed by atoms with Gasteiger partial charge in [-0.2, -0.15) is 0 Å². The second-order valence-corrected chi connectivity index (χ2v) is 5.36. The van der Waals surface area contributed by atoms with Crippen molar-refractivity contribution < 1.29 is 0 Å². The van der Waals surface area contributed by atoms with E-state index in [1.54, 1.807) is 0 Å². The molecule has 0 aliphatic rings. The molecule has 96 valence electrons. The molecule has 1 aromatic carbocycles. The van der Waals surface area contributed by atoms with Crippen LogP contribution in [0.25, 0.3) is 0 Å². The summed E-state index contributed by atoms with van der Waals surface area (Å²) in [5.74, 6) is 0.805. The van der Waals surface area contributed by atoms with Crippen LogP contribution in [0.15, 0.2) is 18.2 Å². The predicted molar refractivity (Wildman–Crippen MR) is 76.5 cm³/mol. The van der Waals surface area contributed by atoms with Crippen molar-refractivity contribution in [2.45, 2.75) is 53.0 Å². The van der Waals surface area contributed by atoms with Gasteiger partial charge in [-0.05, 0) is 56.3 Å². The number of benzene rings is 1. The molecule has 0 saturated carbocycles. The van der Waals surface area contributed by atoms with Gasteiger partial charge < -0.3 is 5.32 Å². The highest BCUT2D eigenvalue weighted by Crippen LogP contribution is 2.16. The van der Waals surface area contributed by atoms with E-state index in [1.165, 1.54) is 29.5 Å². The Morgan fingerprint density at radius 3 is 2.41 bits per heavy atom. The molecule has 1 N–H and O–H groups in total. The summed E-state index contributed by atoms with van der Waals surface area (Å²) in [6.07, 6.45) is 3.67. The lowest BCUT2D eigenvalue weighted by Crippen LogP contribution is -2.29. The molecule has 0 aromatic heterocycles. The molecule has 0 radical (unpaired) electrons. The molecule has 0 spiro atoms. The first-order valence-corrected chi connectivity index (χ1v) is 6.80. The zero-order valence-corrected chi connectivity index (χ0v) is 12.0. The van der Waals surface area contributed by atoms with Crippen molar-refractivity contribution in [3.05, 3.63) is 34.9 Å². The first-order chi connectivity index (χ1) is 8.06. The smallest absolute Gasteiger partial charge is 0.0107 e. The number of likely N-dealkylation sites (N-methyl/N-ethyl adjacent to an activating group) is 1. The molecule has 2 atom stereocenters. The molecule has 0 fully saturated rings. The third-order valence-electron chi connectivity index (χ3n) is 3.85. The van der Waals surface area contributed by atoms with Gasteiger partial charge in [-0.1, -0.05) is 38.5 Å². The zero-order chi connectivity index (χ0) is 12.8.